The van der Waals surface area contributed by atoms with Crippen LogP contribution in [0.25, 0.3) is 0 Å². The van der Waals surface area contributed by atoms with Crippen LogP contribution in [0.4, 0.5) is 0 Å². The smallest absolute Gasteiger partial charge is 0.0133 e. The normalized spacial score (nSPS) is 17.8. The molecule has 1 aliphatic rings. The second-order valence-electron chi connectivity index (χ2n) is 4.86. The third-order valence-electron chi connectivity index (χ3n) is 3.59. The predicted octanol–water partition coefficient (Wildman–Crippen LogP) is 2.84. The van der Waals surface area contributed by atoms with E-state index in [1.807, 2.05) is 0 Å². The van der Waals surface area contributed by atoms with Gasteiger partial charge in [-0.3, -0.25) is 0 Å². The van der Waals surface area contributed by atoms with E-state index in [0.717, 1.165) is 5.92 Å². The molecular formula is C14H21N. The lowest BCUT2D eigenvalue weighted by Crippen LogP contribution is -2.29. The summed E-state index contributed by atoms with van der Waals surface area (Å²) in [6.07, 6.45) is 4.01. The second kappa shape index (κ2) is 4.36. The van der Waals surface area contributed by atoms with Gasteiger partial charge in [0.15, 0.2) is 0 Å². The standard InChI is InChI=1S/C14H21N/c1-10-4-5-12(8-11(10)2)9-14(15-3)13-6-7-13/h4-5,8,13-15H,6-7,9H2,1-3H3. The third kappa shape index (κ3) is 2.60. The van der Waals surface area contributed by atoms with Crippen molar-refractivity contribution in [2.75, 3.05) is 7.05 Å². The molecule has 1 atom stereocenters. The Morgan fingerprint density at radius 2 is 2.00 bits per heavy atom. The van der Waals surface area contributed by atoms with E-state index < -0.39 is 0 Å². The molecule has 1 N–H and O–H groups in total. The van der Waals surface area contributed by atoms with Gasteiger partial charge >= 0.3 is 0 Å². The summed E-state index contributed by atoms with van der Waals surface area (Å²) in [6, 6.07) is 7.54. The molecule has 2 rings (SSSR count). The Bertz CT molecular complexity index is 339. The van der Waals surface area contributed by atoms with E-state index in [4.69, 9.17) is 0 Å². The minimum Gasteiger partial charge on any atom is -0.316 e. The molecule has 0 saturated heterocycles. The van der Waals surface area contributed by atoms with Crippen LogP contribution < -0.4 is 5.32 Å². The zero-order valence-electron chi connectivity index (χ0n) is 10.0. The molecule has 0 bridgehead atoms. The van der Waals surface area contributed by atoms with Crippen molar-refractivity contribution in [3.63, 3.8) is 0 Å². The molecule has 1 aromatic carbocycles. The van der Waals surface area contributed by atoms with E-state index in [9.17, 15) is 0 Å². The van der Waals surface area contributed by atoms with Crippen molar-refractivity contribution in [3.8, 4) is 0 Å². The Labute approximate surface area is 92.9 Å². The topological polar surface area (TPSA) is 12.0 Å². The van der Waals surface area contributed by atoms with Crippen molar-refractivity contribution in [1.82, 2.24) is 5.32 Å². The largest absolute Gasteiger partial charge is 0.316 e. The SMILES string of the molecule is CNC(Cc1ccc(C)c(C)c1)C1CC1. The molecule has 0 heterocycles. The van der Waals surface area contributed by atoms with Crippen LogP contribution in [-0.4, -0.2) is 13.1 Å². The fourth-order valence-corrected chi connectivity index (χ4v) is 2.19. The minimum atomic E-state index is 0.687. The van der Waals surface area contributed by atoms with E-state index in [0.29, 0.717) is 6.04 Å². The molecule has 1 unspecified atom stereocenters. The quantitative estimate of drug-likeness (QED) is 0.793. The van der Waals surface area contributed by atoms with Gasteiger partial charge in [0, 0.05) is 6.04 Å². The number of benzene rings is 1. The van der Waals surface area contributed by atoms with Crippen molar-refractivity contribution in [1.29, 1.82) is 0 Å². The van der Waals surface area contributed by atoms with Crippen molar-refractivity contribution in [2.45, 2.75) is 39.2 Å². The van der Waals surface area contributed by atoms with E-state index in [2.05, 4.69) is 44.4 Å². The van der Waals surface area contributed by atoms with Crippen LogP contribution >= 0.6 is 0 Å². The second-order valence-corrected chi connectivity index (χ2v) is 4.86. The van der Waals surface area contributed by atoms with Gasteiger partial charge in [-0.1, -0.05) is 18.2 Å². The molecule has 1 nitrogen and oxygen atoms in total. The van der Waals surface area contributed by atoms with Crippen molar-refractivity contribution in [3.05, 3.63) is 34.9 Å². The molecule has 0 amide bonds. The third-order valence-corrected chi connectivity index (χ3v) is 3.59. The highest BCUT2D eigenvalue weighted by Gasteiger charge is 2.29. The van der Waals surface area contributed by atoms with Crippen LogP contribution in [0.1, 0.15) is 29.5 Å². The maximum Gasteiger partial charge on any atom is 0.0133 e. The Kier molecular flexibility index (Phi) is 3.11. The maximum atomic E-state index is 3.45. The van der Waals surface area contributed by atoms with Gasteiger partial charge in [0.2, 0.25) is 0 Å². The molecule has 1 aromatic rings. The average Bonchev–Trinajstić information content (AvgIpc) is 3.03. The molecule has 1 aliphatic carbocycles. The number of hydrogen-bond acceptors (Lipinski definition) is 1. The van der Waals surface area contributed by atoms with Gasteiger partial charge in [-0.25, -0.2) is 0 Å². The number of likely N-dealkylation sites (N-methyl/N-ethyl adjacent to an activating group) is 1. The Morgan fingerprint density at radius 3 is 2.53 bits per heavy atom. The summed E-state index contributed by atoms with van der Waals surface area (Å²) in [5.74, 6) is 0.927. The monoisotopic (exact) mass is 203 g/mol. The van der Waals surface area contributed by atoms with Gasteiger partial charge in [0.1, 0.15) is 0 Å². The Morgan fingerprint density at radius 1 is 1.27 bits per heavy atom. The molecule has 0 spiro atoms. The lowest BCUT2D eigenvalue weighted by molar-refractivity contribution is 0.500. The van der Waals surface area contributed by atoms with Crippen molar-refractivity contribution in [2.24, 2.45) is 5.92 Å². The Balaban J connectivity index is 2.05. The molecule has 1 heteroatoms. The molecule has 82 valence electrons. The summed E-state index contributed by atoms with van der Waals surface area (Å²) in [4.78, 5) is 0. The molecular weight excluding hydrogens is 182 g/mol. The van der Waals surface area contributed by atoms with E-state index in [1.165, 1.54) is 36.0 Å². The molecule has 1 fully saturated rings. The predicted molar refractivity (Wildman–Crippen MR) is 65.2 cm³/mol. The molecule has 1 saturated carbocycles. The van der Waals surface area contributed by atoms with Gasteiger partial charge < -0.3 is 5.32 Å². The van der Waals surface area contributed by atoms with Crippen molar-refractivity contribution >= 4 is 0 Å². The summed E-state index contributed by atoms with van der Waals surface area (Å²) in [5, 5.41) is 3.45. The first-order valence-corrected chi connectivity index (χ1v) is 5.94. The Hall–Kier alpha value is -0.820. The number of hydrogen-bond donors (Lipinski definition) is 1. The van der Waals surface area contributed by atoms with Gasteiger partial charge in [0.25, 0.3) is 0 Å². The first-order chi connectivity index (χ1) is 7.20. The fourth-order valence-electron chi connectivity index (χ4n) is 2.19. The average molecular weight is 203 g/mol. The minimum absolute atomic E-state index is 0.687. The fraction of sp³-hybridized carbons (Fsp3) is 0.571. The summed E-state index contributed by atoms with van der Waals surface area (Å²) < 4.78 is 0. The van der Waals surface area contributed by atoms with Gasteiger partial charge in [0.05, 0.1) is 0 Å². The van der Waals surface area contributed by atoms with Crippen LogP contribution in [0.5, 0.6) is 0 Å². The van der Waals surface area contributed by atoms with Crippen LogP contribution in [0.15, 0.2) is 18.2 Å². The maximum absolute atomic E-state index is 3.45. The molecule has 0 aliphatic heterocycles. The van der Waals surface area contributed by atoms with E-state index >= 15 is 0 Å². The van der Waals surface area contributed by atoms with Gasteiger partial charge in [-0.2, -0.15) is 0 Å². The van der Waals surface area contributed by atoms with Crippen LogP contribution in [0, 0.1) is 19.8 Å². The highest BCUT2D eigenvalue weighted by atomic mass is 14.9. The summed E-state index contributed by atoms with van der Waals surface area (Å²) in [5.41, 5.74) is 4.29. The van der Waals surface area contributed by atoms with Gasteiger partial charge in [-0.15, -0.1) is 0 Å². The first-order valence-electron chi connectivity index (χ1n) is 5.94. The highest BCUT2D eigenvalue weighted by molar-refractivity contribution is 5.30. The van der Waals surface area contributed by atoms with E-state index in [-0.39, 0.29) is 0 Å². The summed E-state index contributed by atoms with van der Waals surface area (Å²) in [7, 11) is 2.09. The summed E-state index contributed by atoms with van der Waals surface area (Å²) >= 11 is 0. The zero-order valence-corrected chi connectivity index (χ0v) is 10.0. The zero-order chi connectivity index (χ0) is 10.8. The lowest BCUT2D eigenvalue weighted by Gasteiger charge is -2.16. The molecule has 0 aromatic heterocycles. The van der Waals surface area contributed by atoms with Crippen LogP contribution in [0.3, 0.4) is 0 Å². The molecule has 15 heavy (non-hydrogen) atoms. The number of aryl methyl sites for hydroxylation is 2. The van der Waals surface area contributed by atoms with Crippen molar-refractivity contribution < 1.29 is 0 Å². The van der Waals surface area contributed by atoms with Crippen LogP contribution in [0.2, 0.25) is 0 Å². The highest BCUT2D eigenvalue weighted by Crippen LogP contribution is 2.34. The lowest BCUT2D eigenvalue weighted by atomic mass is 9.99. The number of rotatable bonds is 4. The van der Waals surface area contributed by atoms with Gasteiger partial charge in [-0.05, 0) is 62.8 Å². The van der Waals surface area contributed by atoms with Crippen LogP contribution in [-0.2, 0) is 6.42 Å². The summed E-state index contributed by atoms with van der Waals surface area (Å²) in [6.45, 7) is 4.37. The molecule has 0 radical (unpaired) electrons. The van der Waals surface area contributed by atoms with E-state index in [1.54, 1.807) is 0 Å². The first kappa shape index (κ1) is 10.7. The number of nitrogens with one attached hydrogen (secondary N) is 1.